The van der Waals surface area contributed by atoms with Crippen molar-refractivity contribution in [1.82, 2.24) is 15.3 Å². The molecule has 0 spiro atoms. The number of carbonyl (C=O) groups excluding carboxylic acids is 2. The minimum absolute atomic E-state index is 0.0129. The molecule has 2 heterocycles. The lowest BCUT2D eigenvalue weighted by Crippen LogP contribution is -2.36. The number of nitrogens with zero attached hydrogens (tertiary/aromatic N) is 2. The summed E-state index contributed by atoms with van der Waals surface area (Å²) in [4.78, 5) is 209. The van der Waals surface area contributed by atoms with Crippen molar-refractivity contribution in [3.63, 3.8) is 0 Å². The fourth-order valence-electron chi connectivity index (χ4n) is 6.88. The Labute approximate surface area is 831 Å². The molecule has 0 aliphatic carbocycles. The van der Waals surface area contributed by atoms with Crippen LogP contribution in [-0.4, -0.2) is 373 Å². The molecule has 3 rings (SSSR count). The van der Waals surface area contributed by atoms with Gasteiger partial charge in [-0.25, -0.2) is 4.98 Å². The van der Waals surface area contributed by atoms with Crippen LogP contribution in [0.3, 0.4) is 0 Å². The number of amides is 2. The standard InChI is InChI=1S/C9H11NO2.C6H14N4O2.C6H9N3O2.C6H14N2O2.2C6H13NO2.C5H10N2O3.C5H9NO4.C5H11NO2S.C5H9NO2.C4H8N2O3.C4H7NO4.C3H7NO3.C3H7NO2S.C3H7NO2.C2H5NO2/c10-8(9(11)12)6-7-4-2-1-3-5-7;7-4(5(11)12)2-1-3-10-6(8)9;7-5(6(10)11)1-4-2-8-3-9-4;7-4-2-1-3-5(8)6(9)10;1-4(2)3-5(7)6(8)9;1-3-4(2)5(7)6(8)9;2*6-3(5(9)10)1-2-4(7)8;1-9-3-2-4(6)5(7)8;7-5(8)4-2-1-3-6-4;2*5-2(4(8)9)1-3(6)7;4-2(1-5)3(6)7;4-2(1-7)3(5)6;1-2(4)3(5)6;3-1-2(4)5/h1-5,8H,6,10H2,(H,11,12);4H,1-3,7H2,(H,11,12)(H4,8,9,10);2-3,5H,1,7H2,(H,8,9)(H,10,11);5H,1-4,7-8H2,(H,9,10);2*4-5H,3,7H2,1-2H3,(H,8,9);3H,1-2,6H2,(H2,7,8)(H,9,10);3H,1-2,6H2,(H,7,8)(H,9,10);4H,2-3,6H2,1H3,(H,7,8);4,6H,1-3H2,(H,7,8);2H,1,5H2,(H2,6,7)(H,8,9);2H,1,5H2,(H,6,7)(H,8,9);2,5H,1,4H2,(H,6,7);2,7H,1,4H2,(H,5,6);2H,4H2,1H3,(H,5,6);1,3H2,(H,4,5). The van der Waals surface area contributed by atoms with Gasteiger partial charge in [0, 0.05) is 43.5 Å². The number of carbonyl (C=O) groups is 20. The Hall–Kier alpha value is -12.9. The summed E-state index contributed by atoms with van der Waals surface area (Å²) >= 11 is 5.25. The summed E-state index contributed by atoms with van der Waals surface area (Å²) in [6.07, 6.45) is 11.5. The Morgan fingerprint density at radius 3 is 1.06 bits per heavy atom. The molecule has 1 aromatic carbocycles. The van der Waals surface area contributed by atoms with Gasteiger partial charge in [-0.1, -0.05) is 70.9 Å². The van der Waals surface area contributed by atoms with E-state index in [1.54, 1.807) is 18.0 Å². The predicted molar refractivity (Wildman–Crippen MR) is 519 cm³/mol. The Kier molecular flexibility index (Phi) is 113. The maximum Gasteiger partial charge on any atom is 0.322 e. The minimum Gasteiger partial charge on any atom is -0.481 e. The van der Waals surface area contributed by atoms with Crippen molar-refractivity contribution in [2.45, 2.75) is 241 Å². The van der Waals surface area contributed by atoms with Gasteiger partial charge < -0.3 is 222 Å². The monoisotopic (exact) mass is 2120 g/mol. The number of aliphatic hydroxyl groups excluding tert-OH is 1. The van der Waals surface area contributed by atoms with Gasteiger partial charge in [0.2, 0.25) is 11.8 Å². The van der Waals surface area contributed by atoms with Crippen LogP contribution in [0.2, 0.25) is 0 Å². The predicted octanol–water partition coefficient (Wildman–Crippen LogP) is -9.91. The first kappa shape index (κ1) is 158. The van der Waals surface area contributed by atoms with E-state index in [0.29, 0.717) is 57.5 Å². The molecular weight excluding hydrogens is 1960 g/mol. The SMILES string of the molecule is CC(C)CC(N)C(=O)O.CC(N)C(=O)O.CCC(C)C(N)C(=O)O.CSCCC(N)C(=O)O.NC(=O)CC(N)C(=O)O.NC(=O)CCC(N)C(=O)O.NC(CC(=O)O)C(=O)O.NC(CCC(=O)O)C(=O)O.NC(CO)C(=O)O.NC(CS)C(=O)O.NC(Cc1ccccc1)C(=O)O.NC(Cc1cnc[nH]1)C(=O)O.NC(N)=NCCCC(N)C(=O)O.NCC(=O)O.NCCCCC(N)C(=O)O.O=C(O)C1CCCN1. The maximum atomic E-state index is 10.4. The summed E-state index contributed by atoms with van der Waals surface area (Å²) in [6, 6.07) is -3.35. The molecule has 1 aliphatic heterocycles. The van der Waals surface area contributed by atoms with E-state index in [2.05, 4.69) is 44.4 Å². The van der Waals surface area contributed by atoms with Crippen molar-refractivity contribution < 1.29 is 193 Å². The van der Waals surface area contributed by atoms with Crippen LogP contribution >= 0.6 is 24.4 Å². The molecule has 0 bridgehead atoms. The normalized spacial score (nSPS) is 13.8. The van der Waals surface area contributed by atoms with Crippen molar-refractivity contribution in [2.24, 2.45) is 132 Å². The number of aliphatic carboxylic acids is 18. The molecule has 143 heavy (non-hydrogen) atoms. The van der Waals surface area contributed by atoms with Crippen LogP contribution in [0, 0.1) is 11.8 Å². The number of unbranched alkanes of at least 4 members (excludes halogenated alkanes) is 1. The first-order valence-corrected chi connectivity index (χ1v) is 43.8. The van der Waals surface area contributed by atoms with E-state index >= 15 is 0 Å². The average molecular weight is 2120 g/mol. The number of guanidine groups is 1. The molecule has 16 unspecified atom stereocenters. The summed E-state index contributed by atoms with van der Waals surface area (Å²) < 4.78 is 0. The molecule has 2 aromatic rings. The number of carboxylic acids is 18. The smallest absolute Gasteiger partial charge is 0.322 e. The van der Waals surface area contributed by atoms with Gasteiger partial charge in [0.05, 0.1) is 32.3 Å². The fraction of sp³-hybridized carbons (Fsp3) is 0.615. The number of nitrogens with one attached hydrogen (secondary N) is 2. The number of H-pyrrole nitrogens is 1. The first-order chi connectivity index (χ1) is 65.6. The number of thioether (sulfide) groups is 1. The number of aliphatic hydroxyl groups is 1. The summed E-state index contributed by atoms with van der Waals surface area (Å²) in [5, 5.41) is 158. The highest BCUT2D eigenvalue weighted by molar-refractivity contribution is 7.98. The van der Waals surface area contributed by atoms with Gasteiger partial charge in [0.25, 0.3) is 0 Å². The van der Waals surface area contributed by atoms with Crippen molar-refractivity contribution in [3.05, 3.63) is 54.1 Å². The van der Waals surface area contributed by atoms with E-state index in [0.717, 1.165) is 55.7 Å². The topological polar surface area (TPSA) is 1300 Å². The number of carboxylic acid groups (broad SMARTS) is 18. The van der Waals surface area contributed by atoms with E-state index in [9.17, 15) is 95.9 Å². The molecule has 0 radical (unpaired) electrons. The number of imidazole rings is 1. The fourth-order valence-corrected chi connectivity index (χ4v) is 7.53. The molecule has 1 aromatic heterocycles. The largest absolute Gasteiger partial charge is 0.481 e. The summed E-state index contributed by atoms with van der Waals surface area (Å²) in [5.41, 5.74) is 102. The molecule has 1 fully saturated rings. The second-order valence-corrected chi connectivity index (χ2v) is 30.3. The third-order valence-electron chi connectivity index (χ3n) is 15.4. The van der Waals surface area contributed by atoms with Crippen LogP contribution in [0.5, 0.6) is 0 Å². The summed E-state index contributed by atoms with van der Waals surface area (Å²) in [6.45, 7) is 10.2. The van der Waals surface area contributed by atoms with Crippen LogP contribution < -0.4 is 120 Å². The molecule has 65 heteroatoms. The Balaban J connectivity index is -0.000000115. The van der Waals surface area contributed by atoms with E-state index in [1.165, 1.54) is 13.3 Å². The third-order valence-corrected chi connectivity index (χ3v) is 16.5. The van der Waals surface area contributed by atoms with E-state index < -0.39 is 217 Å². The number of aromatic amines is 1. The Morgan fingerprint density at radius 1 is 0.448 bits per heavy atom. The molecule has 63 nitrogen and oxygen atoms in total. The lowest BCUT2D eigenvalue weighted by atomic mass is 10.0. The zero-order chi connectivity index (χ0) is 115. The Bertz CT molecular complexity index is 3790. The number of primary amides is 2. The number of thiol groups is 1. The molecule has 1 aliphatic rings. The van der Waals surface area contributed by atoms with Gasteiger partial charge in [0.15, 0.2) is 5.96 Å². The number of rotatable bonds is 47. The number of nitrogens with two attached hydrogens (primary N) is 20. The van der Waals surface area contributed by atoms with Crippen LogP contribution in [0.4, 0.5) is 0 Å². The van der Waals surface area contributed by atoms with Crippen molar-refractivity contribution in [1.29, 1.82) is 0 Å². The average Bonchev–Trinajstić information content (AvgIpc) is 1.91. The zero-order valence-corrected chi connectivity index (χ0v) is 81.7. The summed E-state index contributed by atoms with van der Waals surface area (Å²) in [7, 11) is 0. The zero-order valence-electron chi connectivity index (χ0n) is 80.0. The third kappa shape index (κ3) is 129. The highest BCUT2D eigenvalue weighted by Gasteiger charge is 2.23. The second-order valence-electron chi connectivity index (χ2n) is 29.0. The van der Waals surface area contributed by atoms with Crippen molar-refractivity contribution in [2.75, 3.05) is 50.5 Å². The van der Waals surface area contributed by atoms with Crippen LogP contribution in [-0.2, 0) is 109 Å². The van der Waals surface area contributed by atoms with Gasteiger partial charge in [-0.3, -0.25) is 101 Å². The van der Waals surface area contributed by atoms with E-state index in [-0.39, 0.29) is 68.7 Å². The Morgan fingerprint density at radius 2 is 0.825 bits per heavy atom. The van der Waals surface area contributed by atoms with Crippen LogP contribution in [0.15, 0.2) is 47.8 Å². The second kappa shape index (κ2) is 102. The lowest BCUT2D eigenvalue weighted by molar-refractivity contribution is -0.144. The number of hydrogen-bond acceptors (Lipinski definition) is 42. The van der Waals surface area contributed by atoms with Gasteiger partial charge in [-0.15, -0.1) is 0 Å². The maximum absolute atomic E-state index is 10.4. The number of aromatic nitrogens is 2. The summed E-state index contributed by atoms with van der Waals surface area (Å²) in [5.74, 6) is -18.3. The lowest BCUT2D eigenvalue weighted by Gasteiger charge is -2.11. The molecular formula is C78H154N24O39S2. The van der Waals surface area contributed by atoms with Gasteiger partial charge in [0.1, 0.15) is 90.6 Å². The van der Waals surface area contributed by atoms with Crippen LogP contribution in [0.25, 0.3) is 0 Å². The van der Waals surface area contributed by atoms with Crippen molar-refractivity contribution >= 4 is 150 Å². The van der Waals surface area contributed by atoms with Gasteiger partial charge in [-0.05, 0) is 120 Å². The highest BCUT2D eigenvalue weighted by atomic mass is 32.2. The van der Waals surface area contributed by atoms with Gasteiger partial charge >= 0.3 is 107 Å². The molecule has 2 amide bonds. The van der Waals surface area contributed by atoms with Gasteiger partial charge in [-0.2, -0.15) is 24.4 Å². The minimum atomic E-state index is -1.29. The first-order valence-electron chi connectivity index (χ1n) is 41.8. The van der Waals surface area contributed by atoms with Crippen LogP contribution in [0.1, 0.15) is 149 Å². The number of aliphatic imine (C=N–C) groups is 1. The molecule has 61 N–H and O–H groups in total. The quantitative estimate of drug-likeness (QED) is 0.0127. The number of hydrogen-bond donors (Lipinski definition) is 42. The van der Waals surface area contributed by atoms with Crippen molar-refractivity contribution in [3.8, 4) is 0 Å². The molecule has 832 valence electrons. The molecule has 0 saturated carbocycles. The van der Waals surface area contributed by atoms with E-state index in [4.69, 9.17) is 200 Å². The number of benzene rings is 1. The molecule has 16 atom stereocenters. The highest BCUT2D eigenvalue weighted by Crippen LogP contribution is 2.07. The molecule has 1 saturated heterocycles. The van der Waals surface area contributed by atoms with E-state index in [1.807, 2.05) is 64.3 Å².